The first kappa shape index (κ1) is 17.1. The highest BCUT2D eigenvalue weighted by Gasteiger charge is 2.33. The van der Waals surface area contributed by atoms with Crippen molar-refractivity contribution < 1.29 is 14.3 Å². The minimum absolute atomic E-state index is 0.161. The molecule has 0 aliphatic heterocycles. The molecule has 1 fully saturated rings. The van der Waals surface area contributed by atoms with Gasteiger partial charge < -0.3 is 15.2 Å². The van der Waals surface area contributed by atoms with E-state index in [1.807, 2.05) is 19.1 Å². The lowest BCUT2D eigenvalue weighted by Gasteiger charge is -2.30. The molecule has 122 valence electrons. The second-order valence-corrected chi connectivity index (χ2v) is 6.45. The second-order valence-electron chi connectivity index (χ2n) is 6.01. The number of esters is 1. The van der Waals surface area contributed by atoms with Gasteiger partial charge in [-0.15, -0.1) is 0 Å². The Bertz CT molecular complexity index is 483. The van der Waals surface area contributed by atoms with E-state index in [1.54, 1.807) is 19.1 Å². The van der Waals surface area contributed by atoms with Gasteiger partial charge in [0.15, 0.2) is 0 Å². The fourth-order valence-corrected chi connectivity index (χ4v) is 3.02. The SMILES string of the molecule is C[C@H](N)C(=O)O[C@@H](C)[C@H](Oc1ccc(Cl)cc1)C1CCCC1. The van der Waals surface area contributed by atoms with Crippen molar-refractivity contribution in [1.29, 1.82) is 0 Å². The van der Waals surface area contributed by atoms with Gasteiger partial charge in [0.05, 0.1) is 0 Å². The molecular weight excluding hydrogens is 302 g/mol. The maximum absolute atomic E-state index is 11.7. The number of nitrogens with two attached hydrogens (primary N) is 1. The number of halogens is 1. The number of carbonyl (C=O) groups excluding carboxylic acids is 1. The van der Waals surface area contributed by atoms with Crippen molar-refractivity contribution in [1.82, 2.24) is 0 Å². The molecule has 0 aromatic heterocycles. The minimum Gasteiger partial charge on any atom is -0.486 e. The molecule has 0 saturated heterocycles. The van der Waals surface area contributed by atoms with Crippen molar-refractivity contribution >= 4 is 17.6 Å². The van der Waals surface area contributed by atoms with Crippen LogP contribution in [-0.2, 0) is 9.53 Å². The highest BCUT2D eigenvalue weighted by molar-refractivity contribution is 6.30. The van der Waals surface area contributed by atoms with E-state index in [0.717, 1.165) is 18.6 Å². The van der Waals surface area contributed by atoms with Crippen molar-refractivity contribution in [2.75, 3.05) is 0 Å². The zero-order valence-corrected chi connectivity index (χ0v) is 13.9. The molecule has 0 radical (unpaired) electrons. The predicted octanol–water partition coefficient (Wildman–Crippen LogP) is 3.56. The Hall–Kier alpha value is -1.26. The van der Waals surface area contributed by atoms with E-state index >= 15 is 0 Å². The van der Waals surface area contributed by atoms with Gasteiger partial charge in [0.25, 0.3) is 0 Å². The zero-order valence-electron chi connectivity index (χ0n) is 13.1. The van der Waals surface area contributed by atoms with Crippen LogP contribution in [0, 0.1) is 5.92 Å². The zero-order chi connectivity index (χ0) is 16.1. The second kappa shape index (κ2) is 7.84. The summed E-state index contributed by atoms with van der Waals surface area (Å²) in [4.78, 5) is 11.7. The molecule has 1 aromatic carbocycles. The van der Waals surface area contributed by atoms with Crippen molar-refractivity contribution in [3.63, 3.8) is 0 Å². The van der Waals surface area contributed by atoms with Gasteiger partial charge in [-0.1, -0.05) is 24.4 Å². The summed E-state index contributed by atoms with van der Waals surface area (Å²) in [5, 5.41) is 0.668. The van der Waals surface area contributed by atoms with Gasteiger partial charge in [0.1, 0.15) is 24.0 Å². The van der Waals surface area contributed by atoms with Crippen LogP contribution in [0.4, 0.5) is 0 Å². The molecule has 4 nitrogen and oxygen atoms in total. The van der Waals surface area contributed by atoms with Gasteiger partial charge in [-0.25, -0.2) is 0 Å². The Kier molecular flexibility index (Phi) is 6.09. The normalized spacial score (nSPS) is 19.5. The molecule has 1 saturated carbocycles. The van der Waals surface area contributed by atoms with Gasteiger partial charge in [-0.05, 0) is 56.9 Å². The van der Waals surface area contributed by atoms with Crippen molar-refractivity contribution in [3.8, 4) is 5.75 Å². The van der Waals surface area contributed by atoms with Gasteiger partial charge >= 0.3 is 5.97 Å². The van der Waals surface area contributed by atoms with Crippen LogP contribution in [0.1, 0.15) is 39.5 Å². The van der Waals surface area contributed by atoms with E-state index in [1.165, 1.54) is 12.8 Å². The molecule has 5 heteroatoms. The first-order valence-corrected chi connectivity index (χ1v) is 8.23. The highest BCUT2D eigenvalue weighted by Crippen LogP contribution is 2.32. The fourth-order valence-electron chi connectivity index (χ4n) is 2.89. The maximum Gasteiger partial charge on any atom is 0.323 e. The van der Waals surface area contributed by atoms with Crippen LogP contribution in [0.25, 0.3) is 0 Å². The van der Waals surface area contributed by atoms with Crippen molar-refractivity contribution in [2.24, 2.45) is 11.7 Å². The summed E-state index contributed by atoms with van der Waals surface area (Å²) in [7, 11) is 0. The lowest BCUT2D eigenvalue weighted by Crippen LogP contribution is -2.41. The average molecular weight is 326 g/mol. The van der Waals surface area contributed by atoms with E-state index in [-0.39, 0.29) is 12.2 Å². The summed E-state index contributed by atoms with van der Waals surface area (Å²) < 4.78 is 11.6. The maximum atomic E-state index is 11.7. The average Bonchev–Trinajstić information content (AvgIpc) is 3.00. The number of rotatable bonds is 6. The molecule has 1 aliphatic carbocycles. The third-order valence-electron chi connectivity index (χ3n) is 4.09. The molecule has 3 atom stereocenters. The predicted molar refractivity (Wildman–Crippen MR) is 87.0 cm³/mol. The number of hydrogen-bond donors (Lipinski definition) is 1. The Morgan fingerprint density at radius 2 is 1.82 bits per heavy atom. The van der Waals surface area contributed by atoms with E-state index in [0.29, 0.717) is 10.9 Å². The standard InChI is InChI=1S/C17H24ClNO3/c1-11(19)17(20)21-12(2)16(13-5-3-4-6-13)22-15-9-7-14(18)8-10-15/h7-13,16H,3-6,19H2,1-2H3/t11-,12-,16-/m0/s1. The summed E-state index contributed by atoms with van der Waals surface area (Å²) in [6.07, 6.45) is 4.08. The molecule has 0 amide bonds. The van der Waals surface area contributed by atoms with Crippen LogP contribution in [0.5, 0.6) is 5.75 Å². The van der Waals surface area contributed by atoms with Gasteiger partial charge in [-0.2, -0.15) is 0 Å². The van der Waals surface area contributed by atoms with Crippen LogP contribution in [0.15, 0.2) is 24.3 Å². The third kappa shape index (κ3) is 4.62. The smallest absolute Gasteiger partial charge is 0.323 e. The third-order valence-corrected chi connectivity index (χ3v) is 4.34. The number of ether oxygens (including phenoxy) is 2. The monoisotopic (exact) mass is 325 g/mol. The topological polar surface area (TPSA) is 61.6 Å². The lowest BCUT2D eigenvalue weighted by atomic mass is 9.96. The van der Waals surface area contributed by atoms with E-state index in [9.17, 15) is 4.79 Å². The molecule has 0 spiro atoms. The fraction of sp³-hybridized carbons (Fsp3) is 0.588. The highest BCUT2D eigenvalue weighted by atomic mass is 35.5. The molecule has 1 aromatic rings. The van der Waals surface area contributed by atoms with Gasteiger partial charge in [-0.3, -0.25) is 4.79 Å². The van der Waals surface area contributed by atoms with Crippen LogP contribution in [-0.4, -0.2) is 24.2 Å². The largest absolute Gasteiger partial charge is 0.486 e. The number of carbonyl (C=O) groups is 1. The summed E-state index contributed by atoms with van der Waals surface area (Å²) in [6, 6.07) is 6.64. The molecule has 0 bridgehead atoms. The van der Waals surface area contributed by atoms with Crippen LogP contribution in [0.2, 0.25) is 5.02 Å². The molecule has 2 rings (SSSR count). The first-order valence-electron chi connectivity index (χ1n) is 7.85. The Labute approximate surface area is 136 Å². The molecule has 0 heterocycles. The minimum atomic E-state index is -0.623. The Balaban J connectivity index is 2.08. The Morgan fingerprint density at radius 1 is 1.23 bits per heavy atom. The molecule has 22 heavy (non-hydrogen) atoms. The summed E-state index contributed by atoms with van der Waals surface area (Å²) in [6.45, 7) is 3.50. The van der Waals surface area contributed by atoms with E-state index in [4.69, 9.17) is 26.8 Å². The number of benzene rings is 1. The van der Waals surface area contributed by atoms with Crippen molar-refractivity contribution in [2.45, 2.75) is 57.8 Å². The quantitative estimate of drug-likeness (QED) is 0.812. The first-order chi connectivity index (χ1) is 10.5. The summed E-state index contributed by atoms with van der Waals surface area (Å²) in [5.74, 6) is 0.742. The summed E-state index contributed by atoms with van der Waals surface area (Å²) >= 11 is 5.90. The molecule has 2 N–H and O–H groups in total. The molecule has 1 aliphatic rings. The number of hydrogen-bond acceptors (Lipinski definition) is 4. The van der Waals surface area contributed by atoms with Crippen LogP contribution in [0.3, 0.4) is 0 Å². The van der Waals surface area contributed by atoms with Crippen molar-refractivity contribution in [3.05, 3.63) is 29.3 Å². The van der Waals surface area contributed by atoms with Crippen LogP contribution >= 0.6 is 11.6 Å². The van der Waals surface area contributed by atoms with E-state index in [2.05, 4.69) is 0 Å². The lowest BCUT2D eigenvalue weighted by molar-refractivity contribution is -0.155. The van der Waals surface area contributed by atoms with Gasteiger partial charge in [0.2, 0.25) is 0 Å². The molecular formula is C17H24ClNO3. The summed E-state index contributed by atoms with van der Waals surface area (Å²) in [5.41, 5.74) is 5.58. The van der Waals surface area contributed by atoms with E-state index < -0.39 is 12.0 Å². The molecule has 0 unspecified atom stereocenters. The van der Waals surface area contributed by atoms with Gasteiger partial charge in [0, 0.05) is 5.02 Å². The van der Waals surface area contributed by atoms with Crippen LogP contribution < -0.4 is 10.5 Å². The Morgan fingerprint density at radius 3 is 2.36 bits per heavy atom.